The van der Waals surface area contributed by atoms with Gasteiger partial charge in [-0.15, -0.1) is 0 Å². The average molecular weight is 566 g/mol. The number of anilines is 1. The van der Waals surface area contributed by atoms with Crippen LogP contribution in [0.5, 0.6) is 0 Å². The zero-order chi connectivity index (χ0) is 25.8. The van der Waals surface area contributed by atoms with Gasteiger partial charge in [0.2, 0.25) is 5.88 Å². The van der Waals surface area contributed by atoms with Crippen LogP contribution in [-0.2, 0) is 25.9 Å². The molecule has 1 aromatic heterocycles. The van der Waals surface area contributed by atoms with Crippen LogP contribution >= 0.6 is 15.9 Å². The van der Waals surface area contributed by atoms with Crippen molar-refractivity contribution in [3.05, 3.63) is 63.3 Å². The predicted octanol–water partition coefficient (Wildman–Crippen LogP) is 6.04. The fourth-order valence-electron chi connectivity index (χ4n) is 3.85. The molecule has 0 aliphatic rings. The second-order valence-electron chi connectivity index (χ2n) is 8.87. The summed E-state index contributed by atoms with van der Waals surface area (Å²) >= 11 is 3.63. The number of ether oxygens (including phenoxy) is 2. The van der Waals surface area contributed by atoms with Crippen LogP contribution in [0.4, 0.5) is 5.88 Å². The van der Waals surface area contributed by atoms with Gasteiger partial charge in [-0.25, -0.2) is 12.7 Å². The van der Waals surface area contributed by atoms with Crippen LogP contribution in [0.1, 0.15) is 36.2 Å². The minimum absolute atomic E-state index is 0.143. The standard InChI is InChI=1S/C26H33BrN2O5S/c1-17(2)15-23-19(4)24(27)12-11-21(23)22-9-7-8-10-25(22)35(30,31)29(16-33-14-13-32-6)26-18(3)20(5)28-34-26/h7-12,17H,13-16H2,1-6H3. The lowest BCUT2D eigenvalue weighted by Crippen LogP contribution is -2.34. The maximum absolute atomic E-state index is 14.2. The Morgan fingerprint density at radius 2 is 1.74 bits per heavy atom. The maximum atomic E-state index is 14.2. The third-order valence-corrected chi connectivity index (χ3v) is 8.51. The molecule has 0 fully saturated rings. The van der Waals surface area contributed by atoms with Crippen molar-refractivity contribution in [3.63, 3.8) is 0 Å². The first-order valence-corrected chi connectivity index (χ1v) is 13.7. The molecule has 190 valence electrons. The quantitative estimate of drug-likeness (QED) is 0.208. The van der Waals surface area contributed by atoms with Crippen molar-refractivity contribution in [2.75, 3.05) is 31.4 Å². The van der Waals surface area contributed by atoms with Crippen molar-refractivity contribution in [1.82, 2.24) is 5.16 Å². The minimum atomic E-state index is -4.08. The second-order valence-corrected chi connectivity index (χ2v) is 11.6. The summed E-state index contributed by atoms with van der Waals surface area (Å²) in [6.07, 6.45) is 0.819. The van der Waals surface area contributed by atoms with E-state index < -0.39 is 10.0 Å². The molecule has 1 heterocycles. The van der Waals surface area contributed by atoms with E-state index in [0.29, 0.717) is 29.3 Å². The van der Waals surface area contributed by atoms with Crippen LogP contribution in [-0.4, -0.2) is 40.6 Å². The van der Waals surface area contributed by atoms with E-state index in [2.05, 4.69) is 41.9 Å². The van der Waals surface area contributed by atoms with E-state index in [-0.39, 0.29) is 24.1 Å². The van der Waals surface area contributed by atoms with Crippen molar-refractivity contribution < 1.29 is 22.4 Å². The van der Waals surface area contributed by atoms with Gasteiger partial charge in [-0.1, -0.05) is 59.2 Å². The maximum Gasteiger partial charge on any atom is 0.269 e. The number of sulfonamides is 1. The van der Waals surface area contributed by atoms with Crippen LogP contribution in [0, 0.1) is 26.7 Å². The van der Waals surface area contributed by atoms with Gasteiger partial charge in [0.05, 0.1) is 23.8 Å². The molecule has 3 aromatic rings. The van der Waals surface area contributed by atoms with Gasteiger partial charge in [-0.2, -0.15) is 0 Å². The lowest BCUT2D eigenvalue weighted by atomic mass is 9.90. The Hall–Kier alpha value is -2.20. The van der Waals surface area contributed by atoms with Gasteiger partial charge in [-0.05, 0) is 61.9 Å². The molecule has 0 saturated carbocycles. The molecule has 0 aliphatic heterocycles. The summed E-state index contributed by atoms with van der Waals surface area (Å²) in [4.78, 5) is 0.176. The second kappa shape index (κ2) is 11.7. The Kier molecular flexibility index (Phi) is 9.15. The lowest BCUT2D eigenvalue weighted by Gasteiger charge is -2.24. The summed E-state index contributed by atoms with van der Waals surface area (Å²) in [6.45, 7) is 10.3. The van der Waals surface area contributed by atoms with E-state index in [4.69, 9.17) is 14.0 Å². The molecule has 0 saturated heterocycles. The highest BCUT2D eigenvalue weighted by atomic mass is 79.9. The summed E-state index contributed by atoms with van der Waals surface area (Å²) in [5.74, 6) is 0.542. The summed E-state index contributed by atoms with van der Waals surface area (Å²) in [5.41, 5.74) is 5.00. The van der Waals surface area contributed by atoms with Crippen LogP contribution in [0.15, 0.2) is 50.3 Å². The molecule has 2 aromatic carbocycles. The highest BCUT2D eigenvalue weighted by molar-refractivity contribution is 9.10. The number of aryl methyl sites for hydroxylation is 1. The summed E-state index contributed by atoms with van der Waals surface area (Å²) in [7, 11) is -2.51. The van der Waals surface area contributed by atoms with Crippen LogP contribution in [0.25, 0.3) is 11.1 Å². The number of aromatic nitrogens is 1. The molecule has 0 amide bonds. The Balaban J connectivity index is 2.18. The minimum Gasteiger partial charge on any atom is -0.382 e. The lowest BCUT2D eigenvalue weighted by molar-refractivity contribution is 0.0744. The van der Waals surface area contributed by atoms with Crippen LogP contribution in [0.3, 0.4) is 0 Å². The molecule has 0 atom stereocenters. The van der Waals surface area contributed by atoms with E-state index in [0.717, 1.165) is 31.9 Å². The van der Waals surface area contributed by atoms with Gasteiger partial charge < -0.3 is 14.0 Å². The summed E-state index contributed by atoms with van der Waals surface area (Å²) in [5, 5.41) is 3.97. The van der Waals surface area contributed by atoms with Gasteiger partial charge in [0.25, 0.3) is 10.0 Å². The monoisotopic (exact) mass is 564 g/mol. The SMILES string of the molecule is COCCOCN(c1onc(C)c1C)S(=O)(=O)c1ccccc1-c1ccc(Br)c(C)c1CC(C)C. The Morgan fingerprint density at radius 1 is 1.03 bits per heavy atom. The smallest absolute Gasteiger partial charge is 0.269 e. The topological polar surface area (TPSA) is 81.9 Å². The van der Waals surface area contributed by atoms with Crippen LogP contribution in [0.2, 0.25) is 0 Å². The van der Waals surface area contributed by atoms with Gasteiger partial charge in [-0.3, -0.25) is 0 Å². The largest absolute Gasteiger partial charge is 0.382 e. The van der Waals surface area contributed by atoms with E-state index >= 15 is 0 Å². The Labute approximate surface area is 216 Å². The molecule has 0 spiro atoms. The first-order chi connectivity index (χ1) is 16.6. The van der Waals surface area contributed by atoms with Crippen molar-refractivity contribution in [2.24, 2.45) is 5.92 Å². The van der Waals surface area contributed by atoms with Gasteiger partial charge in [0, 0.05) is 22.7 Å². The van der Waals surface area contributed by atoms with Crippen molar-refractivity contribution in [2.45, 2.75) is 45.9 Å². The average Bonchev–Trinajstić information content (AvgIpc) is 3.14. The zero-order valence-electron chi connectivity index (χ0n) is 21.1. The van der Waals surface area contributed by atoms with Crippen molar-refractivity contribution in [1.29, 1.82) is 0 Å². The number of methoxy groups -OCH3 is 1. The molecular formula is C26H33BrN2O5S. The first-order valence-electron chi connectivity index (χ1n) is 11.5. The molecule has 7 nitrogen and oxygen atoms in total. The molecule has 35 heavy (non-hydrogen) atoms. The number of hydrogen-bond acceptors (Lipinski definition) is 6. The zero-order valence-corrected chi connectivity index (χ0v) is 23.5. The highest BCUT2D eigenvalue weighted by Crippen LogP contribution is 2.38. The van der Waals surface area contributed by atoms with E-state index in [9.17, 15) is 8.42 Å². The fraction of sp³-hybridized carbons (Fsp3) is 0.423. The third kappa shape index (κ3) is 5.97. The Morgan fingerprint density at radius 3 is 2.37 bits per heavy atom. The van der Waals surface area contributed by atoms with E-state index in [1.54, 1.807) is 33.1 Å². The Bertz CT molecular complexity index is 1270. The molecule has 0 N–H and O–H groups in total. The third-order valence-electron chi connectivity index (χ3n) is 5.89. The van der Waals surface area contributed by atoms with Crippen LogP contribution < -0.4 is 4.31 Å². The highest BCUT2D eigenvalue weighted by Gasteiger charge is 2.33. The molecule has 9 heteroatoms. The van der Waals surface area contributed by atoms with Crippen molar-refractivity contribution in [3.8, 4) is 11.1 Å². The molecule has 0 unspecified atom stereocenters. The normalized spacial score (nSPS) is 11.9. The number of hydrogen-bond donors (Lipinski definition) is 0. The summed E-state index contributed by atoms with van der Waals surface area (Å²) in [6, 6.07) is 11.0. The van der Waals surface area contributed by atoms with E-state index in [1.807, 2.05) is 24.3 Å². The number of halogens is 1. The fourth-order valence-corrected chi connectivity index (χ4v) is 5.76. The molecule has 3 rings (SSSR count). The molecule has 0 bridgehead atoms. The van der Waals surface area contributed by atoms with Gasteiger partial charge in [0.1, 0.15) is 6.73 Å². The molecular weight excluding hydrogens is 532 g/mol. The van der Waals surface area contributed by atoms with Gasteiger partial charge in [0.15, 0.2) is 0 Å². The molecule has 0 aliphatic carbocycles. The molecule has 0 radical (unpaired) electrons. The summed E-state index contributed by atoms with van der Waals surface area (Å²) < 4.78 is 46.6. The van der Waals surface area contributed by atoms with E-state index in [1.165, 1.54) is 0 Å². The number of nitrogens with zero attached hydrogens (tertiary/aromatic N) is 2. The predicted molar refractivity (Wildman–Crippen MR) is 141 cm³/mol. The first kappa shape index (κ1) is 27.4. The van der Waals surface area contributed by atoms with Crippen molar-refractivity contribution >= 4 is 31.8 Å². The number of benzene rings is 2. The van der Waals surface area contributed by atoms with Gasteiger partial charge >= 0.3 is 0 Å². The number of rotatable bonds is 11.